The number of aryl methyl sites for hydroxylation is 5. The lowest BCUT2D eigenvalue weighted by molar-refractivity contribution is 0.241. The van der Waals surface area contributed by atoms with Crippen molar-refractivity contribution in [2.24, 2.45) is 0 Å². The molecule has 6 aromatic rings. The third-order valence-electron chi connectivity index (χ3n) is 14.7. The molecule has 6 aromatic carbocycles. The molecule has 0 amide bonds. The Bertz CT molecular complexity index is 2980. The lowest BCUT2D eigenvalue weighted by atomic mass is 9.89. The topological polar surface area (TPSA) is 18.5 Å². The van der Waals surface area contributed by atoms with E-state index in [9.17, 15) is 0 Å². The zero-order valence-corrected chi connectivity index (χ0v) is 50.0. The molecule has 0 radical (unpaired) electrons. The molecule has 0 aliphatic heterocycles. The van der Waals surface area contributed by atoms with Crippen LogP contribution in [0.25, 0.3) is 0 Å². The van der Waals surface area contributed by atoms with Crippen molar-refractivity contribution in [1.29, 1.82) is 0 Å². The third-order valence-corrected chi connectivity index (χ3v) is 14.7. The van der Waals surface area contributed by atoms with E-state index in [2.05, 4.69) is 222 Å². The summed E-state index contributed by atoms with van der Waals surface area (Å²) in [7, 11) is 0. The standard InChI is InChI=1S/C79H90O2/c1-7-13-27-64-32-42-69(43-33-64)52-57-74-75(58-53-70-44-34-65(35-45-70)28-14-8-2)77(60-55-72-48-38-67(39-49-72)30-16-10-4)79(81-63-26-24-22-20-18-19-21-23-25-62-80-12-6)78(61-56-73-50-40-68(41-51-73)31-17-11-5)76(74)59-54-71-46-36-66(37-47-71)29-15-9-3/h12,32-51H,6-11,13-31,62-63H2,1-5H3. The maximum absolute atomic E-state index is 7.21. The molecule has 0 saturated heterocycles. The van der Waals surface area contributed by atoms with Crippen molar-refractivity contribution >= 4 is 0 Å². The van der Waals surface area contributed by atoms with Crippen LogP contribution in [0.5, 0.6) is 5.75 Å². The lowest BCUT2D eigenvalue weighted by Crippen LogP contribution is -2.08. The molecule has 0 heterocycles. The van der Waals surface area contributed by atoms with Crippen LogP contribution in [0, 0.1) is 59.2 Å². The summed E-state index contributed by atoms with van der Waals surface area (Å²) in [6.45, 7) is 16.1. The van der Waals surface area contributed by atoms with Crippen molar-refractivity contribution in [3.63, 3.8) is 0 Å². The van der Waals surface area contributed by atoms with Gasteiger partial charge in [-0.05, 0) is 166 Å². The van der Waals surface area contributed by atoms with Crippen LogP contribution in [0.1, 0.15) is 240 Å². The van der Waals surface area contributed by atoms with E-state index in [1.165, 1.54) is 66.2 Å². The molecule has 0 aliphatic carbocycles. The second-order valence-electron chi connectivity index (χ2n) is 21.5. The molecule has 2 heteroatoms. The van der Waals surface area contributed by atoms with Gasteiger partial charge in [0.1, 0.15) is 0 Å². The van der Waals surface area contributed by atoms with E-state index in [0.29, 0.717) is 40.2 Å². The fraction of sp³-hybridized carbons (Fsp3) is 0.392. The highest BCUT2D eigenvalue weighted by molar-refractivity contribution is 5.78. The lowest BCUT2D eigenvalue weighted by Gasteiger charge is -2.17. The fourth-order valence-corrected chi connectivity index (χ4v) is 9.62. The number of unbranched alkanes of at least 4 members (excludes halogenated alkanes) is 13. The number of hydrogen-bond donors (Lipinski definition) is 0. The van der Waals surface area contributed by atoms with Crippen LogP contribution in [0.4, 0.5) is 0 Å². The van der Waals surface area contributed by atoms with Gasteiger partial charge < -0.3 is 9.47 Å². The van der Waals surface area contributed by atoms with Gasteiger partial charge in [-0.3, -0.25) is 0 Å². The monoisotopic (exact) mass is 1070 g/mol. The molecular formula is C79H90O2. The Hall–Kier alpha value is -7.54. The minimum atomic E-state index is 0.499. The first-order valence-corrected chi connectivity index (χ1v) is 31.1. The van der Waals surface area contributed by atoms with Gasteiger partial charge >= 0.3 is 0 Å². The smallest absolute Gasteiger partial charge is 0.153 e. The van der Waals surface area contributed by atoms with Crippen LogP contribution in [-0.4, -0.2) is 13.2 Å². The Kier molecular flexibility index (Phi) is 28.9. The van der Waals surface area contributed by atoms with Crippen molar-refractivity contribution < 1.29 is 9.47 Å². The van der Waals surface area contributed by atoms with Gasteiger partial charge in [-0.25, -0.2) is 0 Å². The predicted molar refractivity (Wildman–Crippen MR) is 345 cm³/mol. The quantitative estimate of drug-likeness (QED) is 0.0265. The van der Waals surface area contributed by atoms with Crippen molar-refractivity contribution in [3.8, 4) is 65.0 Å². The molecule has 418 valence electrons. The van der Waals surface area contributed by atoms with Gasteiger partial charge in [0, 0.05) is 27.8 Å². The van der Waals surface area contributed by atoms with Crippen LogP contribution >= 0.6 is 0 Å². The average Bonchev–Trinajstić information content (AvgIpc) is 3.58. The Labute approximate surface area is 491 Å². The summed E-state index contributed by atoms with van der Waals surface area (Å²) in [6.07, 6.45) is 28.6. The highest BCUT2D eigenvalue weighted by Crippen LogP contribution is 2.34. The molecular weight excluding hydrogens is 981 g/mol. The molecule has 6 rings (SSSR count). The van der Waals surface area contributed by atoms with Crippen LogP contribution in [0.15, 0.2) is 134 Å². The molecule has 0 bridgehead atoms. The van der Waals surface area contributed by atoms with Crippen molar-refractivity contribution in [2.45, 2.75) is 189 Å². The molecule has 0 fully saturated rings. The maximum atomic E-state index is 7.21. The van der Waals surface area contributed by atoms with Crippen molar-refractivity contribution in [3.05, 3.63) is 218 Å². The summed E-state index contributed by atoms with van der Waals surface area (Å²) in [5.74, 6) is 37.2. The van der Waals surface area contributed by atoms with E-state index in [0.717, 1.165) is 156 Å². The second-order valence-corrected chi connectivity index (χ2v) is 21.5. The summed E-state index contributed by atoms with van der Waals surface area (Å²) in [6, 6.07) is 43.6. The normalized spacial score (nSPS) is 10.4. The van der Waals surface area contributed by atoms with Gasteiger partial charge in [-0.2, -0.15) is 0 Å². The molecule has 0 N–H and O–H groups in total. The predicted octanol–water partition coefficient (Wildman–Crippen LogP) is 19.4. The second kappa shape index (κ2) is 37.4. The fourth-order valence-electron chi connectivity index (χ4n) is 9.62. The first kappa shape index (κ1) is 62.7. The van der Waals surface area contributed by atoms with Crippen LogP contribution in [-0.2, 0) is 36.8 Å². The molecule has 0 aliphatic rings. The number of benzene rings is 6. The van der Waals surface area contributed by atoms with E-state index in [4.69, 9.17) is 9.47 Å². The zero-order chi connectivity index (χ0) is 57.0. The number of hydrogen-bond acceptors (Lipinski definition) is 2. The Morgan fingerprint density at radius 1 is 0.284 bits per heavy atom. The molecule has 2 nitrogen and oxygen atoms in total. The van der Waals surface area contributed by atoms with Crippen molar-refractivity contribution in [1.82, 2.24) is 0 Å². The van der Waals surface area contributed by atoms with Gasteiger partial charge in [0.15, 0.2) is 5.75 Å². The van der Waals surface area contributed by atoms with E-state index in [1.54, 1.807) is 0 Å². The summed E-state index contributed by atoms with van der Waals surface area (Å²) >= 11 is 0. The summed E-state index contributed by atoms with van der Waals surface area (Å²) in [4.78, 5) is 0. The first-order chi connectivity index (χ1) is 39.9. The average molecular weight is 1070 g/mol. The molecule has 0 atom stereocenters. The third kappa shape index (κ3) is 22.5. The SMILES string of the molecule is C=COCCCCCCCCCCCOc1c(C#Cc2ccc(CCCC)cc2)c(C#Cc2ccc(CCCC)cc2)c(C#Cc2ccc(CCCC)cc2)c(C#Cc2ccc(CCCC)cc2)c1C#Cc1ccc(CCCC)cc1. The molecule has 0 unspecified atom stereocenters. The van der Waals surface area contributed by atoms with Gasteiger partial charge in [0.2, 0.25) is 0 Å². The minimum absolute atomic E-state index is 0.499. The first-order valence-electron chi connectivity index (χ1n) is 31.1. The number of rotatable bonds is 29. The van der Waals surface area contributed by atoms with Crippen LogP contribution < -0.4 is 4.74 Å². The summed E-state index contributed by atoms with van der Waals surface area (Å²) < 4.78 is 12.5. The van der Waals surface area contributed by atoms with Gasteiger partial charge in [0.05, 0.1) is 47.3 Å². The Morgan fingerprint density at radius 2 is 0.519 bits per heavy atom. The van der Waals surface area contributed by atoms with E-state index in [-0.39, 0.29) is 0 Å². The highest BCUT2D eigenvalue weighted by atomic mass is 16.5. The van der Waals surface area contributed by atoms with Gasteiger partial charge in [-0.15, -0.1) is 0 Å². The summed E-state index contributed by atoms with van der Waals surface area (Å²) in [5.41, 5.74) is 14.6. The highest BCUT2D eigenvalue weighted by Gasteiger charge is 2.23. The Morgan fingerprint density at radius 3 is 0.778 bits per heavy atom. The molecule has 0 saturated carbocycles. The van der Waals surface area contributed by atoms with Gasteiger partial charge in [0.25, 0.3) is 0 Å². The van der Waals surface area contributed by atoms with Crippen LogP contribution in [0.3, 0.4) is 0 Å². The zero-order valence-electron chi connectivity index (χ0n) is 50.0. The minimum Gasteiger partial charge on any atom is -0.502 e. The Balaban J connectivity index is 1.60. The number of ether oxygens (including phenoxy) is 2. The molecule has 81 heavy (non-hydrogen) atoms. The van der Waals surface area contributed by atoms with E-state index in [1.807, 2.05) is 0 Å². The van der Waals surface area contributed by atoms with Crippen molar-refractivity contribution in [2.75, 3.05) is 13.2 Å². The largest absolute Gasteiger partial charge is 0.502 e. The van der Waals surface area contributed by atoms with E-state index < -0.39 is 0 Å². The summed E-state index contributed by atoms with van der Waals surface area (Å²) in [5, 5.41) is 0. The van der Waals surface area contributed by atoms with Crippen LogP contribution in [0.2, 0.25) is 0 Å². The molecule has 0 aromatic heterocycles. The molecule has 0 spiro atoms. The van der Waals surface area contributed by atoms with E-state index >= 15 is 0 Å². The van der Waals surface area contributed by atoms with Gasteiger partial charge in [-0.1, -0.05) is 238 Å². The maximum Gasteiger partial charge on any atom is 0.153 e.